The van der Waals surface area contributed by atoms with Crippen LogP contribution in [0.2, 0.25) is 0 Å². The van der Waals surface area contributed by atoms with Crippen LogP contribution in [0, 0.1) is 0 Å². The third kappa shape index (κ3) is 3.68. The second kappa shape index (κ2) is 6.34. The van der Waals surface area contributed by atoms with Gasteiger partial charge in [-0.2, -0.15) is 0 Å². The molecule has 0 radical (unpaired) electrons. The predicted molar refractivity (Wildman–Crippen MR) is 82.3 cm³/mol. The summed E-state index contributed by atoms with van der Waals surface area (Å²) in [5.41, 5.74) is 7.11. The number of anilines is 2. The fourth-order valence-corrected chi connectivity index (χ4v) is 2.55. The summed E-state index contributed by atoms with van der Waals surface area (Å²) in [6, 6.07) is 13.4. The number of hydrogen-bond donors (Lipinski definition) is 2. The maximum atomic E-state index is 11.0. The number of hydrogen-bond acceptors (Lipinski definition) is 4. The molecular formula is C15H16N2O2S. The van der Waals surface area contributed by atoms with Crippen molar-refractivity contribution in [1.82, 2.24) is 0 Å². The summed E-state index contributed by atoms with van der Waals surface area (Å²) >= 11 is 1.60. The first-order valence-corrected chi connectivity index (χ1v) is 6.89. The SMILES string of the molecule is COc1ccc(Sc2ccc(NC(C)=O)c(N)c2)cc1. The van der Waals surface area contributed by atoms with Gasteiger partial charge in [-0.15, -0.1) is 0 Å². The van der Waals surface area contributed by atoms with Crippen molar-refractivity contribution in [2.45, 2.75) is 16.7 Å². The van der Waals surface area contributed by atoms with Gasteiger partial charge in [-0.25, -0.2) is 0 Å². The second-order valence-electron chi connectivity index (χ2n) is 4.21. The lowest BCUT2D eigenvalue weighted by molar-refractivity contribution is -0.114. The van der Waals surface area contributed by atoms with Crippen molar-refractivity contribution in [2.75, 3.05) is 18.2 Å². The predicted octanol–water partition coefficient (Wildman–Crippen LogP) is 3.39. The van der Waals surface area contributed by atoms with Gasteiger partial charge in [0.05, 0.1) is 18.5 Å². The van der Waals surface area contributed by atoms with Crippen molar-refractivity contribution in [3.05, 3.63) is 42.5 Å². The maximum Gasteiger partial charge on any atom is 0.221 e. The first kappa shape index (κ1) is 14.3. The zero-order valence-electron chi connectivity index (χ0n) is 11.3. The van der Waals surface area contributed by atoms with E-state index in [1.165, 1.54) is 6.92 Å². The summed E-state index contributed by atoms with van der Waals surface area (Å²) in [6.45, 7) is 1.46. The number of amides is 1. The van der Waals surface area contributed by atoms with Crippen LogP contribution in [0.1, 0.15) is 6.92 Å². The Hall–Kier alpha value is -2.14. The molecule has 0 bridgehead atoms. The van der Waals surface area contributed by atoms with Gasteiger partial charge in [0.2, 0.25) is 5.91 Å². The third-order valence-electron chi connectivity index (χ3n) is 2.63. The number of nitrogens with one attached hydrogen (secondary N) is 1. The van der Waals surface area contributed by atoms with Crippen LogP contribution in [-0.4, -0.2) is 13.0 Å². The first-order valence-electron chi connectivity index (χ1n) is 6.07. The number of nitrogen functional groups attached to an aromatic ring is 1. The molecule has 0 saturated carbocycles. The van der Waals surface area contributed by atoms with Crippen LogP contribution in [-0.2, 0) is 4.79 Å². The van der Waals surface area contributed by atoms with Gasteiger partial charge < -0.3 is 15.8 Å². The van der Waals surface area contributed by atoms with Crippen molar-refractivity contribution in [3.63, 3.8) is 0 Å². The zero-order chi connectivity index (χ0) is 14.5. The van der Waals surface area contributed by atoms with E-state index in [1.54, 1.807) is 18.9 Å². The van der Waals surface area contributed by atoms with Gasteiger partial charge in [0.1, 0.15) is 5.75 Å². The molecule has 5 heteroatoms. The summed E-state index contributed by atoms with van der Waals surface area (Å²) in [5, 5.41) is 2.69. The molecule has 0 spiro atoms. The summed E-state index contributed by atoms with van der Waals surface area (Å²) in [5.74, 6) is 0.696. The van der Waals surface area contributed by atoms with E-state index in [9.17, 15) is 4.79 Å². The number of nitrogens with two attached hydrogens (primary N) is 1. The molecule has 0 fully saturated rings. The molecule has 0 aliphatic rings. The summed E-state index contributed by atoms with van der Waals surface area (Å²) in [7, 11) is 1.64. The number of carbonyl (C=O) groups excluding carboxylic acids is 1. The second-order valence-corrected chi connectivity index (χ2v) is 5.35. The smallest absolute Gasteiger partial charge is 0.221 e. The Kier molecular flexibility index (Phi) is 4.53. The van der Waals surface area contributed by atoms with E-state index in [4.69, 9.17) is 10.5 Å². The van der Waals surface area contributed by atoms with Crippen molar-refractivity contribution in [3.8, 4) is 5.75 Å². The molecule has 2 aromatic rings. The number of ether oxygens (including phenoxy) is 1. The van der Waals surface area contributed by atoms with Crippen LogP contribution in [0.5, 0.6) is 5.75 Å². The van der Waals surface area contributed by atoms with Crippen molar-refractivity contribution in [2.24, 2.45) is 0 Å². The molecule has 4 nitrogen and oxygen atoms in total. The van der Waals surface area contributed by atoms with Gasteiger partial charge in [-0.1, -0.05) is 11.8 Å². The lowest BCUT2D eigenvalue weighted by Crippen LogP contribution is -2.07. The van der Waals surface area contributed by atoms with Crippen LogP contribution in [0.4, 0.5) is 11.4 Å². The Morgan fingerprint density at radius 3 is 2.35 bits per heavy atom. The first-order chi connectivity index (χ1) is 9.58. The van der Waals surface area contributed by atoms with Gasteiger partial charge in [-0.05, 0) is 42.5 Å². The average Bonchev–Trinajstić information content (AvgIpc) is 2.42. The molecule has 20 heavy (non-hydrogen) atoms. The van der Waals surface area contributed by atoms with Gasteiger partial charge >= 0.3 is 0 Å². The molecule has 0 aromatic heterocycles. The Bertz CT molecular complexity index is 612. The highest BCUT2D eigenvalue weighted by Gasteiger charge is 2.04. The maximum absolute atomic E-state index is 11.0. The molecule has 0 unspecified atom stereocenters. The minimum atomic E-state index is -0.132. The van der Waals surface area contributed by atoms with Crippen LogP contribution in [0.3, 0.4) is 0 Å². The van der Waals surface area contributed by atoms with Crippen LogP contribution in [0.25, 0.3) is 0 Å². The molecule has 0 aliphatic heterocycles. The fraction of sp³-hybridized carbons (Fsp3) is 0.133. The number of rotatable bonds is 4. The topological polar surface area (TPSA) is 64.3 Å². The highest BCUT2D eigenvalue weighted by molar-refractivity contribution is 7.99. The minimum absolute atomic E-state index is 0.132. The highest BCUT2D eigenvalue weighted by atomic mass is 32.2. The summed E-state index contributed by atoms with van der Waals surface area (Å²) < 4.78 is 5.12. The molecule has 0 aliphatic carbocycles. The molecule has 104 valence electrons. The van der Waals surface area contributed by atoms with E-state index in [0.717, 1.165) is 15.5 Å². The lowest BCUT2D eigenvalue weighted by Gasteiger charge is -2.08. The monoisotopic (exact) mass is 288 g/mol. The zero-order valence-corrected chi connectivity index (χ0v) is 12.2. The van der Waals surface area contributed by atoms with Crippen LogP contribution >= 0.6 is 11.8 Å². The van der Waals surface area contributed by atoms with Gasteiger partial charge in [0, 0.05) is 16.7 Å². The standard InChI is InChI=1S/C15H16N2O2S/c1-10(18)17-15-8-7-13(9-14(15)16)20-12-5-3-11(19-2)4-6-12/h3-9H,16H2,1-2H3,(H,17,18). The van der Waals surface area contributed by atoms with Gasteiger partial charge in [0.15, 0.2) is 0 Å². The Morgan fingerprint density at radius 1 is 1.15 bits per heavy atom. The average molecular weight is 288 g/mol. The van der Waals surface area contributed by atoms with E-state index < -0.39 is 0 Å². The normalized spacial score (nSPS) is 10.1. The number of methoxy groups -OCH3 is 1. The largest absolute Gasteiger partial charge is 0.497 e. The van der Waals surface area contributed by atoms with Crippen molar-refractivity contribution < 1.29 is 9.53 Å². The molecular weight excluding hydrogens is 272 g/mol. The van der Waals surface area contributed by atoms with E-state index in [0.29, 0.717) is 11.4 Å². The Labute approximate surface area is 122 Å². The molecule has 0 heterocycles. The molecule has 3 N–H and O–H groups in total. The van der Waals surface area contributed by atoms with Crippen LogP contribution < -0.4 is 15.8 Å². The van der Waals surface area contributed by atoms with Crippen LogP contribution in [0.15, 0.2) is 52.3 Å². The number of benzene rings is 2. The molecule has 0 atom stereocenters. The Balaban J connectivity index is 2.13. The van der Waals surface area contributed by atoms with Crippen molar-refractivity contribution in [1.29, 1.82) is 0 Å². The third-order valence-corrected chi connectivity index (χ3v) is 3.63. The lowest BCUT2D eigenvalue weighted by atomic mass is 10.2. The van der Waals surface area contributed by atoms with E-state index in [1.807, 2.05) is 42.5 Å². The quantitative estimate of drug-likeness (QED) is 0.846. The molecule has 2 aromatic carbocycles. The Morgan fingerprint density at radius 2 is 1.80 bits per heavy atom. The number of carbonyl (C=O) groups is 1. The summed E-state index contributed by atoms with van der Waals surface area (Å²) in [4.78, 5) is 13.1. The van der Waals surface area contributed by atoms with Gasteiger partial charge in [-0.3, -0.25) is 4.79 Å². The van der Waals surface area contributed by atoms with E-state index in [-0.39, 0.29) is 5.91 Å². The summed E-state index contributed by atoms with van der Waals surface area (Å²) in [6.07, 6.45) is 0. The van der Waals surface area contributed by atoms with E-state index in [2.05, 4.69) is 5.32 Å². The molecule has 2 rings (SSSR count). The molecule has 1 amide bonds. The highest BCUT2D eigenvalue weighted by Crippen LogP contribution is 2.32. The molecule has 0 saturated heterocycles. The van der Waals surface area contributed by atoms with Gasteiger partial charge in [0.25, 0.3) is 0 Å². The van der Waals surface area contributed by atoms with Crippen molar-refractivity contribution >= 4 is 29.0 Å². The van der Waals surface area contributed by atoms with E-state index >= 15 is 0 Å². The minimum Gasteiger partial charge on any atom is -0.497 e. The fourth-order valence-electron chi connectivity index (χ4n) is 1.69.